The molecule has 1 aromatic heterocycles. The van der Waals surface area contributed by atoms with Gasteiger partial charge in [0.2, 0.25) is 5.91 Å². The molecule has 0 radical (unpaired) electrons. The number of nitrogens with zero attached hydrogens (tertiary/aromatic N) is 2. The van der Waals surface area contributed by atoms with Gasteiger partial charge in [-0.25, -0.2) is 4.98 Å². The minimum atomic E-state index is 0.00214. The van der Waals surface area contributed by atoms with E-state index in [1.54, 1.807) is 11.9 Å². The van der Waals surface area contributed by atoms with E-state index in [2.05, 4.69) is 4.98 Å². The minimum Gasteiger partial charge on any atom is -0.300 e. The second kappa shape index (κ2) is 4.22. The van der Waals surface area contributed by atoms with Crippen LogP contribution in [0.5, 0.6) is 0 Å². The number of aryl methyl sites for hydroxylation is 1. The summed E-state index contributed by atoms with van der Waals surface area (Å²) >= 11 is 0. The van der Waals surface area contributed by atoms with Crippen LogP contribution in [0, 0.1) is 12.8 Å². The Morgan fingerprint density at radius 1 is 1.43 bits per heavy atom. The molecule has 0 fully saturated rings. The van der Waals surface area contributed by atoms with Crippen LogP contribution in [0.15, 0.2) is 18.2 Å². The van der Waals surface area contributed by atoms with Gasteiger partial charge in [0.05, 0.1) is 0 Å². The van der Waals surface area contributed by atoms with Crippen molar-refractivity contribution in [3.05, 3.63) is 23.9 Å². The summed E-state index contributed by atoms with van der Waals surface area (Å²) in [5.41, 5.74) is 0.922. The smallest absolute Gasteiger partial charge is 0.230 e. The van der Waals surface area contributed by atoms with E-state index in [1.165, 1.54) is 0 Å². The van der Waals surface area contributed by atoms with Gasteiger partial charge in [0.25, 0.3) is 0 Å². The zero-order chi connectivity index (χ0) is 10.7. The number of amides is 1. The predicted molar refractivity (Wildman–Crippen MR) is 57.2 cm³/mol. The van der Waals surface area contributed by atoms with Crippen molar-refractivity contribution in [2.45, 2.75) is 20.8 Å². The van der Waals surface area contributed by atoms with Crippen molar-refractivity contribution in [1.29, 1.82) is 0 Å². The van der Waals surface area contributed by atoms with E-state index in [0.717, 1.165) is 5.69 Å². The maximum absolute atomic E-state index is 11.6. The van der Waals surface area contributed by atoms with Crippen LogP contribution in [0.4, 0.5) is 5.82 Å². The van der Waals surface area contributed by atoms with E-state index in [4.69, 9.17) is 0 Å². The Labute approximate surface area is 84.8 Å². The molecule has 0 aromatic carbocycles. The van der Waals surface area contributed by atoms with Gasteiger partial charge in [-0.1, -0.05) is 19.9 Å². The average Bonchev–Trinajstić information content (AvgIpc) is 2.15. The average molecular weight is 192 g/mol. The summed E-state index contributed by atoms with van der Waals surface area (Å²) in [6, 6.07) is 5.66. The molecule has 0 atom stereocenters. The van der Waals surface area contributed by atoms with Crippen LogP contribution in [-0.4, -0.2) is 17.9 Å². The first-order valence-corrected chi connectivity index (χ1v) is 4.73. The Kier molecular flexibility index (Phi) is 3.23. The Morgan fingerprint density at radius 2 is 2.07 bits per heavy atom. The third-order valence-corrected chi connectivity index (χ3v) is 2.04. The van der Waals surface area contributed by atoms with Crippen molar-refractivity contribution in [3.8, 4) is 0 Å². The number of hydrogen-bond acceptors (Lipinski definition) is 2. The van der Waals surface area contributed by atoms with Gasteiger partial charge in [-0.3, -0.25) is 9.69 Å². The quantitative estimate of drug-likeness (QED) is 0.718. The summed E-state index contributed by atoms with van der Waals surface area (Å²) in [5.74, 6) is 0.800. The molecule has 0 saturated heterocycles. The van der Waals surface area contributed by atoms with Crippen molar-refractivity contribution in [1.82, 2.24) is 4.98 Å². The van der Waals surface area contributed by atoms with Crippen molar-refractivity contribution >= 4 is 11.7 Å². The molecule has 0 spiro atoms. The second-order valence-corrected chi connectivity index (χ2v) is 3.69. The van der Waals surface area contributed by atoms with Crippen molar-refractivity contribution < 1.29 is 4.79 Å². The van der Waals surface area contributed by atoms with Crippen molar-refractivity contribution in [3.63, 3.8) is 0 Å². The molecule has 3 nitrogen and oxygen atoms in total. The molecule has 0 aliphatic carbocycles. The molecule has 0 bridgehead atoms. The normalized spacial score (nSPS) is 10.4. The molecule has 76 valence electrons. The maximum Gasteiger partial charge on any atom is 0.230 e. The Balaban J connectivity index is 2.89. The van der Waals surface area contributed by atoms with Gasteiger partial charge in [-0.05, 0) is 19.1 Å². The molecular weight excluding hydrogens is 176 g/mol. The molecule has 1 amide bonds. The lowest BCUT2D eigenvalue weighted by atomic mass is 10.2. The lowest BCUT2D eigenvalue weighted by Gasteiger charge is -2.18. The SMILES string of the molecule is Cc1cccc(N(C)C(=O)C(C)C)n1. The van der Waals surface area contributed by atoms with Gasteiger partial charge in [0.1, 0.15) is 5.82 Å². The maximum atomic E-state index is 11.6. The number of carbonyl (C=O) groups is 1. The van der Waals surface area contributed by atoms with Crippen LogP contribution in [0.2, 0.25) is 0 Å². The fraction of sp³-hybridized carbons (Fsp3) is 0.455. The van der Waals surface area contributed by atoms with E-state index in [1.807, 2.05) is 39.0 Å². The highest BCUT2D eigenvalue weighted by molar-refractivity contribution is 5.93. The minimum absolute atomic E-state index is 0.00214. The third-order valence-electron chi connectivity index (χ3n) is 2.04. The first kappa shape index (κ1) is 10.7. The standard InChI is InChI=1S/C11H16N2O/c1-8(2)11(14)13(4)10-7-5-6-9(3)12-10/h5-8H,1-4H3. The number of pyridine rings is 1. The van der Waals surface area contributed by atoms with Crippen LogP contribution in [0.1, 0.15) is 19.5 Å². The molecule has 1 rings (SSSR count). The second-order valence-electron chi connectivity index (χ2n) is 3.69. The van der Waals surface area contributed by atoms with E-state index < -0.39 is 0 Å². The highest BCUT2D eigenvalue weighted by Gasteiger charge is 2.15. The van der Waals surface area contributed by atoms with Crippen molar-refractivity contribution in [2.75, 3.05) is 11.9 Å². The molecule has 0 saturated carbocycles. The summed E-state index contributed by atoms with van der Waals surface area (Å²) in [7, 11) is 1.75. The fourth-order valence-electron chi connectivity index (χ4n) is 1.22. The number of anilines is 1. The third kappa shape index (κ3) is 2.31. The number of carbonyl (C=O) groups excluding carboxylic acids is 1. The summed E-state index contributed by atoms with van der Waals surface area (Å²) < 4.78 is 0. The van der Waals surface area contributed by atoms with Crippen LogP contribution < -0.4 is 4.90 Å². The highest BCUT2D eigenvalue weighted by atomic mass is 16.2. The number of hydrogen-bond donors (Lipinski definition) is 0. The molecule has 14 heavy (non-hydrogen) atoms. The van der Waals surface area contributed by atoms with Crippen molar-refractivity contribution in [2.24, 2.45) is 5.92 Å². The monoisotopic (exact) mass is 192 g/mol. The van der Waals surface area contributed by atoms with E-state index >= 15 is 0 Å². The van der Waals surface area contributed by atoms with E-state index in [0.29, 0.717) is 5.82 Å². The number of aromatic nitrogens is 1. The van der Waals surface area contributed by atoms with Crippen LogP contribution in [-0.2, 0) is 4.79 Å². The van der Waals surface area contributed by atoms with Gasteiger partial charge in [0, 0.05) is 18.7 Å². The largest absolute Gasteiger partial charge is 0.300 e. The number of rotatable bonds is 2. The topological polar surface area (TPSA) is 33.2 Å². The Hall–Kier alpha value is -1.38. The Bertz CT molecular complexity index is 334. The molecule has 1 aromatic rings. The lowest BCUT2D eigenvalue weighted by Crippen LogP contribution is -2.30. The van der Waals surface area contributed by atoms with Crippen LogP contribution in [0.3, 0.4) is 0 Å². The molecule has 0 N–H and O–H groups in total. The van der Waals surface area contributed by atoms with Gasteiger partial charge in [-0.2, -0.15) is 0 Å². The van der Waals surface area contributed by atoms with Crippen LogP contribution >= 0.6 is 0 Å². The fourth-order valence-corrected chi connectivity index (χ4v) is 1.22. The predicted octanol–water partition coefficient (Wildman–Crippen LogP) is 2.01. The highest BCUT2D eigenvalue weighted by Crippen LogP contribution is 2.11. The molecule has 0 aliphatic heterocycles. The summed E-state index contributed by atoms with van der Waals surface area (Å²) in [5, 5.41) is 0. The lowest BCUT2D eigenvalue weighted by molar-refractivity contribution is -0.121. The summed E-state index contributed by atoms with van der Waals surface area (Å²) in [6.07, 6.45) is 0. The van der Waals surface area contributed by atoms with E-state index in [-0.39, 0.29) is 11.8 Å². The van der Waals surface area contributed by atoms with E-state index in [9.17, 15) is 4.79 Å². The summed E-state index contributed by atoms with van der Waals surface area (Å²) in [6.45, 7) is 5.68. The van der Waals surface area contributed by atoms with Gasteiger partial charge in [-0.15, -0.1) is 0 Å². The van der Waals surface area contributed by atoms with Gasteiger partial charge >= 0.3 is 0 Å². The first-order chi connectivity index (χ1) is 6.52. The van der Waals surface area contributed by atoms with Gasteiger partial charge in [0.15, 0.2) is 0 Å². The molecule has 3 heteroatoms. The molecule has 0 unspecified atom stereocenters. The summed E-state index contributed by atoms with van der Waals surface area (Å²) in [4.78, 5) is 17.5. The zero-order valence-electron chi connectivity index (χ0n) is 9.11. The molecular formula is C11H16N2O. The molecule has 0 aliphatic rings. The van der Waals surface area contributed by atoms with Gasteiger partial charge < -0.3 is 0 Å². The molecule has 1 heterocycles. The van der Waals surface area contributed by atoms with Crippen LogP contribution in [0.25, 0.3) is 0 Å². The first-order valence-electron chi connectivity index (χ1n) is 4.73. The Morgan fingerprint density at radius 3 is 2.57 bits per heavy atom. The zero-order valence-corrected chi connectivity index (χ0v) is 9.11.